The Labute approximate surface area is 193 Å². The Morgan fingerprint density at radius 1 is 1.03 bits per heavy atom. The third kappa shape index (κ3) is 4.49. The molecule has 1 atom stereocenters. The average molecular weight is 452 g/mol. The predicted molar refractivity (Wildman–Crippen MR) is 126 cm³/mol. The van der Waals surface area contributed by atoms with Gasteiger partial charge in [-0.3, -0.25) is 0 Å². The van der Waals surface area contributed by atoms with E-state index in [0.717, 1.165) is 58.4 Å². The van der Waals surface area contributed by atoms with Gasteiger partial charge < -0.3 is 33.9 Å². The maximum Gasteiger partial charge on any atom is 0.161 e. The lowest BCUT2D eigenvalue weighted by Crippen LogP contribution is -2.39. The van der Waals surface area contributed by atoms with E-state index in [1.54, 1.807) is 14.2 Å². The minimum Gasteiger partial charge on any atom is -0.496 e. The van der Waals surface area contributed by atoms with E-state index < -0.39 is 0 Å². The Balaban J connectivity index is 1.39. The summed E-state index contributed by atoms with van der Waals surface area (Å²) in [6.45, 7) is 4.79. The third-order valence-corrected chi connectivity index (χ3v) is 5.97. The van der Waals surface area contributed by atoms with E-state index >= 15 is 0 Å². The molecule has 1 N–H and O–H groups in total. The van der Waals surface area contributed by atoms with Gasteiger partial charge in [0.25, 0.3) is 0 Å². The summed E-state index contributed by atoms with van der Waals surface area (Å²) in [6, 6.07) is 13.7. The van der Waals surface area contributed by atoms with Gasteiger partial charge >= 0.3 is 0 Å². The zero-order valence-electron chi connectivity index (χ0n) is 19.0. The number of anilines is 1. The third-order valence-electron chi connectivity index (χ3n) is 5.97. The molecule has 5 rings (SSSR count). The molecule has 8 nitrogen and oxygen atoms in total. The van der Waals surface area contributed by atoms with Crippen molar-refractivity contribution in [2.24, 2.45) is 0 Å². The van der Waals surface area contributed by atoms with Crippen molar-refractivity contribution in [3.63, 3.8) is 0 Å². The number of hydrogen-bond acceptors (Lipinski definition) is 8. The van der Waals surface area contributed by atoms with E-state index in [2.05, 4.69) is 16.3 Å². The molecule has 2 aliphatic rings. The second-order valence-corrected chi connectivity index (χ2v) is 8.07. The highest BCUT2D eigenvalue weighted by molar-refractivity contribution is 5.92. The molecule has 0 spiro atoms. The molecule has 8 heteroatoms. The molecule has 0 radical (unpaired) electrons. The molecule has 1 aromatic heterocycles. The fourth-order valence-electron chi connectivity index (χ4n) is 4.29. The molecule has 1 saturated heterocycles. The van der Waals surface area contributed by atoms with Gasteiger partial charge in [0.2, 0.25) is 0 Å². The fourth-order valence-corrected chi connectivity index (χ4v) is 4.29. The number of aromatic nitrogens is 1. The second-order valence-electron chi connectivity index (χ2n) is 8.07. The number of morpholine rings is 1. The van der Waals surface area contributed by atoms with Crippen LogP contribution in [0.2, 0.25) is 0 Å². The number of hydrogen-bond donors (Lipinski definition) is 1. The second kappa shape index (κ2) is 9.72. The smallest absolute Gasteiger partial charge is 0.161 e. The number of benzene rings is 2. The minimum atomic E-state index is -0.0604. The SMILES string of the molecule is COc1ccc(OC)c2nc(N3CCOCC3)c(CNCC3COc4ccccc4O3)cc12. The molecule has 3 heterocycles. The molecular weight excluding hydrogens is 422 g/mol. The molecule has 0 amide bonds. The molecule has 2 aliphatic heterocycles. The lowest BCUT2D eigenvalue weighted by atomic mass is 10.1. The van der Waals surface area contributed by atoms with Gasteiger partial charge in [-0.2, -0.15) is 0 Å². The predicted octanol–water partition coefficient (Wildman–Crippen LogP) is 3.02. The largest absolute Gasteiger partial charge is 0.496 e. The molecule has 0 aliphatic carbocycles. The minimum absolute atomic E-state index is 0.0604. The van der Waals surface area contributed by atoms with Gasteiger partial charge in [-0.05, 0) is 30.3 Å². The van der Waals surface area contributed by atoms with Crippen molar-refractivity contribution in [1.82, 2.24) is 10.3 Å². The van der Waals surface area contributed by atoms with Gasteiger partial charge in [-0.1, -0.05) is 12.1 Å². The van der Waals surface area contributed by atoms with Crippen LogP contribution in [0.1, 0.15) is 5.56 Å². The number of fused-ring (bicyclic) bond motifs is 2. The standard InChI is InChI=1S/C25H29N3O5/c1-29-20-7-8-23(30-2)24-19(20)13-17(25(27-24)28-9-11-31-12-10-28)14-26-15-18-16-32-21-5-3-4-6-22(21)33-18/h3-8,13,18,26H,9-12,14-16H2,1-2H3. The number of nitrogens with zero attached hydrogens (tertiary/aromatic N) is 2. The molecule has 0 saturated carbocycles. The summed E-state index contributed by atoms with van der Waals surface area (Å²) in [5, 5.41) is 4.47. The zero-order chi connectivity index (χ0) is 22.6. The van der Waals surface area contributed by atoms with Crippen molar-refractivity contribution < 1.29 is 23.7 Å². The topological polar surface area (TPSA) is 74.3 Å². The van der Waals surface area contributed by atoms with Gasteiger partial charge in [-0.25, -0.2) is 4.98 Å². The van der Waals surface area contributed by atoms with Crippen molar-refractivity contribution in [1.29, 1.82) is 0 Å². The molecule has 2 aromatic carbocycles. The van der Waals surface area contributed by atoms with Gasteiger partial charge in [0.15, 0.2) is 11.5 Å². The van der Waals surface area contributed by atoms with E-state index in [1.165, 1.54) is 0 Å². The van der Waals surface area contributed by atoms with E-state index in [1.807, 2.05) is 36.4 Å². The molecule has 174 valence electrons. The van der Waals surface area contributed by atoms with Crippen LogP contribution in [-0.2, 0) is 11.3 Å². The first-order valence-electron chi connectivity index (χ1n) is 11.2. The van der Waals surface area contributed by atoms with E-state index in [0.29, 0.717) is 32.9 Å². The van der Waals surface area contributed by atoms with Crippen LogP contribution in [-0.4, -0.2) is 64.8 Å². The van der Waals surface area contributed by atoms with Crippen LogP contribution in [0.25, 0.3) is 10.9 Å². The summed E-state index contributed by atoms with van der Waals surface area (Å²) in [5.74, 6) is 4.02. The molecular formula is C25H29N3O5. The summed E-state index contributed by atoms with van der Waals surface area (Å²) in [7, 11) is 3.34. The van der Waals surface area contributed by atoms with Crippen LogP contribution >= 0.6 is 0 Å². The maximum absolute atomic E-state index is 6.09. The normalized spacial score (nSPS) is 17.8. The number of para-hydroxylation sites is 2. The highest BCUT2D eigenvalue weighted by Crippen LogP contribution is 2.36. The molecule has 1 unspecified atom stereocenters. The Morgan fingerprint density at radius 3 is 2.58 bits per heavy atom. The van der Waals surface area contributed by atoms with E-state index in [9.17, 15) is 0 Å². The van der Waals surface area contributed by atoms with Crippen LogP contribution in [0, 0.1) is 0 Å². The van der Waals surface area contributed by atoms with Gasteiger partial charge in [0.1, 0.15) is 35.5 Å². The summed E-state index contributed by atoms with van der Waals surface area (Å²) in [4.78, 5) is 7.32. The van der Waals surface area contributed by atoms with Crippen molar-refractivity contribution >= 4 is 16.7 Å². The summed E-state index contributed by atoms with van der Waals surface area (Å²) >= 11 is 0. The monoisotopic (exact) mass is 451 g/mol. The first-order chi connectivity index (χ1) is 16.3. The van der Waals surface area contributed by atoms with Gasteiger partial charge in [0.05, 0.1) is 27.4 Å². The average Bonchev–Trinajstić information content (AvgIpc) is 2.88. The zero-order valence-corrected chi connectivity index (χ0v) is 19.0. The first-order valence-corrected chi connectivity index (χ1v) is 11.2. The van der Waals surface area contributed by atoms with Crippen molar-refractivity contribution in [2.45, 2.75) is 12.6 Å². The maximum atomic E-state index is 6.09. The molecule has 0 bridgehead atoms. The van der Waals surface area contributed by atoms with E-state index in [-0.39, 0.29) is 6.10 Å². The molecule has 3 aromatic rings. The number of ether oxygens (including phenoxy) is 5. The van der Waals surface area contributed by atoms with Crippen molar-refractivity contribution in [2.75, 3.05) is 58.6 Å². The lowest BCUT2D eigenvalue weighted by Gasteiger charge is -2.30. The Hall–Kier alpha value is -3.23. The van der Waals surface area contributed by atoms with Crippen LogP contribution in [0.4, 0.5) is 5.82 Å². The van der Waals surface area contributed by atoms with Crippen LogP contribution < -0.4 is 29.2 Å². The van der Waals surface area contributed by atoms with Crippen LogP contribution in [0.5, 0.6) is 23.0 Å². The lowest BCUT2D eigenvalue weighted by molar-refractivity contribution is 0.0902. The Bertz CT molecular complexity index is 1120. The molecule has 1 fully saturated rings. The number of methoxy groups -OCH3 is 2. The number of rotatable bonds is 7. The Morgan fingerprint density at radius 2 is 1.79 bits per heavy atom. The summed E-state index contributed by atoms with van der Waals surface area (Å²) < 4.78 is 28.7. The quantitative estimate of drug-likeness (QED) is 0.588. The van der Waals surface area contributed by atoms with Crippen LogP contribution in [0.15, 0.2) is 42.5 Å². The number of pyridine rings is 1. The summed E-state index contributed by atoms with van der Waals surface area (Å²) in [5.41, 5.74) is 1.88. The summed E-state index contributed by atoms with van der Waals surface area (Å²) in [6.07, 6.45) is -0.0604. The fraction of sp³-hybridized carbons (Fsp3) is 0.400. The highest BCUT2D eigenvalue weighted by Gasteiger charge is 2.22. The molecule has 33 heavy (non-hydrogen) atoms. The van der Waals surface area contributed by atoms with E-state index in [4.69, 9.17) is 28.7 Å². The Kier molecular flexibility index (Phi) is 6.37. The first kappa shape index (κ1) is 21.6. The highest BCUT2D eigenvalue weighted by atomic mass is 16.6. The number of nitrogens with one attached hydrogen (secondary N) is 1. The van der Waals surface area contributed by atoms with Crippen LogP contribution in [0.3, 0.4) is 0 Å². The van der Waals surface area contributed by atoms with Crippen molar-refractivity contribution in [3.05, 3.63) is 48.0 Å². The van der Waals surface area contributed by atoms with Gasteiger partial charge in [-0.15, -0.1) is 0 Å². The van der Waals surface area contributed by atoms with Gasteiger partial charge in [0, 0.05) is 37.1 Å². The van der Waals surface area contributed by atoms with Crippen molar-refractivity contribution in [3.8, 4) is 23.0 Å².